The molecule has 0 atom stereocenters. The molecule has 8 rings (SSSR count). The van der Waals surface area contributed by atoms with E-state index in [1.807, 2.05) is 42.7 Å². The molecule has 0 saturated carbocycles. The van der Waals surface area contributed by atoms with Crippen molar-refractivity contribution in [1.82, 2.24) is 9.97 Å². The van der Waals surface area contributed by atoms with Crippen LogP contribution in [0, 0.1) is 19.6 Å². The zero-order valence-electron chi connectivity index (χ0n) is 28.1. The van der Waals surface area contributed by atoms with Gasteiger partial charge >= 0.3 is 0 Å². The average molecular weight is 836 g/mol. The Morgan fingerprint density at radius 1 is 0.373 bits per heavy atom. The first kappa shape index (κ1) is 35.0. The van der Waals surface area contributed by atoms with Crippen LogP contribution in [0.3, 0.4) is 0 Å². The predicted octanol–water partition coefficient (Wildman–Crippen LogP) is 12.3. The molecule has 0 aliphatic carbocycles. The molecule has 6 aromatic carbocycles. The molecule has 2 aromatic heterocycles. The van der Waals surface area contributed by atoms with E-state index in [2.05, 4.69) is 163 Å². The minimum Gasteiger partial charge on any atom is -0.358 e. The minimum absolute atomic E-state index is 0. The fourth-order valence-corrected chi connectivity index (χ4v) is 6.09. The minimum atomic E-state index is 0. The Kier molecular flexibility index (Phi) is 11.1. The number of rotatable bonds is 8. The van der Waals surface area contributed by atoms with E-state index < -0.39 is 0 Å². The standard InChI is InChI=1S/C46H31N3.CH3.Pt/c1-4-12-34(13-5-1)37-22-24-42(25-23-37)49(43-20-10-18-40(30-43)45-32-38(26-28-47-45)35-14-6-2-7-15-35)44-21-11-19-41(31-44)46-33-39(27-29-48-46)36-16-8-3-9-17-36;;/h1-29,32-33H;1H3;/q-2;-1;. The number of benzene rings is 6. The number of hydrogen-bond donors (Lipinski definition) is 0. The normalized spacial score (nSPS) is 10.4. The van der Waals surface area contributed by atoms with Crippen molar-refractivity contribution in [1.29, 1.82) is 0 Å². The molecule has 3 nitrogen and oxygen atoms in total. The van der Waals surface area contributed by atoms with Crippen LogP contribution < -0.4 is 4.90 Å². The van der Waals surface area contributed by atoms with Crippen LogP contribution in [0.4, 0.5) is 17.1 Å². The van der Waals surface area contributed by atoms with E-state index in [-0.39, 0.29) is 28.5 Å². The summed E-state index contributed by atoms with van der Waals surface area (Å²) < 4.78 is 0. The third kappa shape index (κ3) is 7.80. The maximum absolute atomic E-state index is 4.75. The Bertz CT molecular complexity index is 2200. The summed E-state index contributed by atoms with van der Waals surface area (Å²) in [7, 11) is 0. The SMILES string of the molecule is [CH3-].[Pt].[c-]1c(-c2cc(-c3ccccc3)ccn2)cccc1N(c1[c-]c(-c2cc(-c3ccccc3)ccn2)ccc1)c1ccc(-c2ccccc2)cc1. The molecule has 2 heterocycles. The summed E-state index contributed by atoms with van der Waals surface area (Å²) in [6.45, 7) is 0. The van der Waals surface area contributed by atoms with Gasteiger partial charge in [0.25, 0.3) is 0 Å². The van der Waals surface area contributed by atoms with Crippen LogP contribution in [0.2, 0.25) is 0 Å². The van der Waals surface area contributed by atoms with Crippen LogP contribution in [-0.4, -0.2) is 9.97 Å². The van der Waals surface area contributed by atoms with Crippen LogP contribution in [-0.2, 0) is 21.1 Å². The van der Waals surface area contributed by atoms with E-state index in [0.717, 1.165) is 67.4 Å². The Labute approximate surface area is 315 Å². The van der Waals surface area contributed by atoms with Crippen LogP contribution in [0.15, 0.2) is 188 Å². The predicted molar refractivity (Wildman–Crippen MR) is 208 cm³/mol. The summed E-state index contributed by atoms with van der Waals surface area (Å²) in [4.78, 5) is 11.7. The summed E-state index contributed by atoms with van der Waals surface area (Å²) in [5.41, 5.74) is 13.2. The second kappa shape index (κ2) is 16.2. The van der Waals surface area contributed by atoms with Gasteiger partial charge < -0.3 is 22.3 Å². The first-order chi connectivity index (χ1) is 24.3. The number of anilines is 3. The summed E-state index contributed by atoms with van der Waals surface area (Å²) in [5, 5.41) is 0. The Morgan fingerprint density at radius 3 is 1.20 bits per heavy atom. The number of hydrogen-bond acceptors (Lipinski definition) is 3. The summed E-state index contributed by atoms with van der Waals surface area (Å²) >= 11 is 0. The largest absolute Gasteiger partial charge is 0.358 e. The average Bonchev–Trinajstić information content (AvgIpc) is 3.20. The van der Waals surface area contributed by atoms with Gasteiger partial charge in [0.2, 0.25) is 0 Å². The molecule has 0 amide bonds. The van der Waals surface area contributed by atoms with E-state index in [4.69, 9.17) is 9.97 Å². The summed E-state index contributed by atoms with van der Waals surface area (Å²) in [6.07, 6.45) is 3.73. The van der Waals surface area contributed by atoms with Gasteiger partial charge in [-0.1, -0.05) is 115 Å². The number of aromatic nitrogens is 2. The smallest absolute Gasteiger partial charge is 0.0428 e. The molecule has 0 N–H and O–H groups in total. The summed E-state index contributed by atoms with van der Waals surface area (Å²) in [6, 6.07) is 68.1. The van der Waals surface area contributed by atoms with E-state index in [9.17, 15) is 0 Å². The monoisotopic (exact) mass is 835 g/mol. The molecule has 0 saturated heterocycles. The van der Waals surface area contributed by atoms with Gasteiger partial charge in [-0.25, -0.2) is 0 Å². The first-order valence-corrected chi connectivity index (χ1v) is 16.3. The number of pyridine rings is 2. The van der Waals surface area contributed by atoms with Gasteiger partial charge in [0.05, 0.1) is 0 Å². The molecule has 250 valence electrons. The van der Waals surface area contributed by atoms with Gasteiger partial charge in [-0.3, -0.25) is 0 Å². The van der Waals surface area contributed by atoms with Crippen LogP contribution in [0.25, 0.3) is 55.9 Å². The molecule has 0 unspecified atom stereocenters. The second-order valence-corrected chi connectivity index (χ2v) is 11.7. The molecule has 0 bridgehead atoms. The first-order valence-electron chi connectivity index (χ1n) is 16.3. The van der Waals surface area contributed by atoms with E-state index >= 15 is 0 Å². The molecule has 0 fully saturated rings. The molecule has 0 aliphatic rings. The quantitative estimate of drug-likeness (QED) is 0.143. The molecular weight excluding hydrogens is 802 g/mol. The van der Waals surface area contributed by atoms with E-state index in [0.29, 0.717) is 0 Å². The topological polar surface area (TPSA) is 29.0 Å². The van der Waals surface area contributed by atoms with Crippen molar-refractivity contribution in [3.05, 3.63) is 208 Å². The van der Waals surface area contributed by atoms with Crippen LogP contribution in [0.1, 0.15) is 0 Å². The van der Waals surface area contributed by atoms with Crippen LogP contribution >= 0.6 is 0 Å². The Balaban J connectivity index is 0.00000224. The van der Waals surface area contributed by atoms with Gasteiger partial charge in [-0.05, 0) is 80.4 Å². The maximum Gasteiger partial charge on any atom is 0.0428 e. The third-order valence-corrected chi connectivity index (χ3v) is 8.56. The zero-order valence-corrected chi connectivity index (χ0v) is 30.3. The Hall–Kier alpha value is -5.89. The summed E-state index contributed by atoms with van der Waals surface area (Å²) in [5.74, 6) is 0. The second-order valence-electron chi connectivity index (χ2n) is 11.7. The fourth-order valence-electron chi connectivity index (χ4n) is 6.09. The van der Waals surface area contributed by atoms with Gasteiger partial charge in [0.1, 0.15) is 0 Å². The van der Waals surface area contributed by atoms with Crippen molar-refractivity contribution in [2.24, 2.45) is 0 Å². The van der Waals surface area contributed by atoms with Crippen molar-refractivity contribution < 1.29 is 21.1 Å². The third-order valence-electron chi connectivity index (χ3n) is 8.56. The Morgan fingerprint density at radius 2 is 0.765 bits per heavy atom. The molecule has 0 aliphatic heterocycles. The van der Waals surface area contributed by atoms with Crippen molar-refractivity contribution in [2.45, 2.75) is 0 Å². The molecule has 4 heteroatoms. The van der Waals surface area contributed by atoms with E-state index in [1.54, 1.807) is 0 Å². The maximum atomic E-state index is 4.75. The van der Waals surface area contributed by atoms with Crippen molar-refractivity contribution in [3.8, 4) is 55.9 Å². The van der Waals surface area contributed by atoms with E-state index in [1.165, 1.54) is 5.56 Å². The van der Waals surface area contributed by atoms with Crippen molar-refractivity contribution in [3.63, 3.8) is 0 Å². The van der Waals surface area contributed by atoms with Crippen LogP contribution in [0.5, 0.6) is 0 Å². The van der Waals surface area contributed by atoms with Crippen molar-refractivity contribution >= 4 is 17.1 Å². The van der Waals surface area contributed by atoms with Gasteiger partial charge in [0, 0.05) is 39.1 Å². The number of nitrogens with zero attached hydrogens (tertiary/aromatic N) is 3. The van der Waals surface area contributed by atoms with Gasteiger partial charge in [0.15, 0.2) is 0 Å². The molecule has 0 spiro atoms. The molecule has 0 radical (unpaired) electrons. The van der Waals surface area contributed by atoms with Gasteiger partial charge in [-0.15, -0.1) is 59.7 Å². The van der Waals surface area contributed by atoms with Gasteiger partial charge in [-0.2, -0.15) is 0 Å². The fraction of sp³-hybridized carbons (Fsp3) is 0. The van der Waals surface area contributed by atoms with Crippen molar-refractivity contribution in [2.75, 3.05) is 4.90 Å². The molecule has 51 heavy (non-hydrogen) atoms. The molecule has 8 aromatic rings. The molecular formula is C47H34N3Pt-3. The zero-order chi connectivity index (χ0) is 32.8.